The molecule has 0 aromatic heterocycles. The molecule has 0 saturated heterocycles. The number of fused-ring (bicyclic) bond motifs is 1. The molecule has 1 aliphatic rings. The lowest BCUT2D eigenvalue weighted by atomic mass is 10.1. The third kappa shape index (κ3) is 2.25. The number of carbonyl (C=O) groups is 2. The SMILES string of the molecule is O=C1C(=O)N(Cc2cccc(F)c2Br)c2ccc(F)cc21. The third-order valence-electron chi connectivity index (χ3n) is 3.29. The zero-order valence-corrected chi connectivity index (χ0v) is 12.2. The molecule has 0 unspecified atom stereocenters. The largest absolute Gasteiger partial charge is 0.300 e. The van der Waals surface area contributed by atoms with Crippen molar-refractivity contribution in [3.63, 3.8) is 0 Å². The number of ketones is 1. The summed E-state index contributed by atoms with van der Waals surface area (Å²) in [6, 6.07) is 8.04. The van der Waals surface area contributed by atoms with E-state index in [1.54, 1.807) is 6.07 Å². The Morgan fingerprint density at radius 1 is 1.10 bits per heavy atom. The first kappa shape index (κ1) is 13.9. The second kappa shape index (κ2) is 5.04. The van der Waals surface area contributed by atoms with Crippen LogP contribution in [-0.2, 0) is 11.3 Å². The van der Waals surface area contributed by atoms with Gasteiger partial charge in [0.05, 0.1) is 22.3 Å². The van der Waals surface area contributed by atoms with Gasteiger partial charge in [-0.1, -0.05) is 12.1 Å². The molecule has 106 valence electrons. The van der Waals surface area contributed by atoms with Crippen molar-refractivity contribution in [3.8, 4) is 0 Å². The number of Topliss-reactive ketones (excluding diaryl/α,β-unsaturated/α-hetero) is 1. The molecule has 0 spiro atoms. The Labute approximate surface area is 127 Å². The van der Waals surface area contributed by atoms with Crippen molar-refractivity contribution in [2.24, 2.45) is 0 Å². The van der Waals surface area contributed by atoms with Crippen molar-refractivity contribution in [3.05, 3.63) is 63.6 Å². The van der Waals surface area contributed by atoms with Crippen LogP contribution < -0.4 is 4.90 Å². The van der Waals surface area contributed by atoms with Crippen LogP contribution in [0.1, 0.15) is 15.9 Å². The van der Waals surface area contributed by atoms with Crippen LogP contribution in [0.3, 0.4) is 0 Å². The number of halogens is 3. The highest BCUT2D eigenvalue weighted by molar-refractivity contribution is 9.10. The lowest BCUT2D eigenvalue weighted by Crippen LogP contribution is -2.29. The van der Waals surface area contributed by atoms with Gasteiger partial charge in [-0.3, -0.25) is 9.59 Å². The lowest BCUT2D eigenvalue weighted by molar-refractivity contribution is -0.114. The fraction of sp³-hybridized carbons (Fsp3) is 0.0667. The van der Waals surface area contributed by atoms with Crippen molar-refractivity contribution < 1.29 is 18.4 Å². The van der Waals surface area contributed by atoms with E-state index >= 15 is 0 Å². The summed E-state index contributed by atoms with van der Waals surface area (Å²) < 4.78 is 26.9. The van der Waals surface area contributed by atoms with Gasteiger partial charge in [-0.15, -0.1) is 0 Å². The zero-order chi connectivity index (χ0) is 15.1. The minimum Gasteiger partial charge on any atom is -0.300 e. The highest BCUT2D eigenvalue weighted by atomic mass is 79.9. The summed E-state index contributed by atoms with van der Waals surface area (Å²) in [6.45, 7) is 0.0293. The molecule has 6 heteroatoms. The lowest BCUT2D eigenvalue weighted by Gasteiger charge is -2.17. The molecule has 2 aromatic carbocycles. The summed E-state index contributed by atoms with van der Waals surface area (Å²) in [4.78, 5) is 25.1. The maximum Gasteiger partial charge on any atom is 0.299 e. The monoisotopic (exact) mass is 351 g/mol. The minimum absolute atomic E-state index is 0.0293. The number of carbonyl (C=O) groups excluding carboxylic acids is 2. The van der Waals surface area contributed by atoms with E-state index in [-0.39, 0.29) is 16.6 Å². The summed E-state index contributed by atoms with van der Waals surface area (Å²) in [5, 5.41) is 0. The van der Waals surface area contributed by atoms with Crippen LogP contribution in [0.5, 0.6) is 0 Å². The number of anilines is 1. The number of rotatable bonds is 2. The van der Waals surface area contributed by atoms with Gasteiger partial charge in [-0.05, 0) is 45.8 Å². The van der Waals surface area contributed by atoms with Crippen molar-refractivity contribution in [2.45, 2.75) is 6.54 Å². The van der Waals surface area contributed by atoms with Gasteiger partial charge in [0.2, 0.25) is 0 Å². The molecule has 1 amide bonds. The summed E-state index contributed by atoms with van der Waals surface area (Å²) in [5.41, 5.74) is 0.892. The van der Waals surface area contributed by atoms with Gasteiger partial charge < -0.3 is 4.90 Å². The molecule has 0 aliphatic carbocycles. The molecule has 0 bridgehead atoms. The highest BCUT2D eigenvalue weighted by Crippen LogP contribution is 2.32. The Hall–Kier alpha value is -2.08. The number of amides is 1. The van der Waals surface area contributed by atoms with E-state index in [9.17, 15) is 18.4 Å². The van der Waals surface area contributed by atoms with E-state index in [1.165, 1.54) is 29.2 Å². The smallest absolute Gasteiger partial charge is 0.299 e. The molecule has 2 aromatic rings. The second-order valence-electron chi connectivity index (χ2n) is 4.59. The molecular weight excluding hydrogens is 344 g/mol. The van der Waals surface area contributed by atoms with E-state index in [1.807, 2.05) is 0 Å². The Kier molecular flexibility index (Phi) is 3.33. The number of hydrogen-bond donors (Lipinski definition) is 0. The summed E-state index contributed by atoms with van der Waals surface area (Å²) >= 11 is 3.12. The van der Waals surface area contributed by atoms with Crippen molar-refractivity contribution in [1.29, 1.82) is 0 Å². The van der Waals surface area contributed by atoms with Gasteiger partial charge in [0.1, 0.15) is 11.6 Å². The number of nitrogens with zero attached hydrogens (tertiary/aromatic N) is 1. The van der Waals surface area contributed by atoms with E-state index in [4.69, 9.17) is 0 Å². The predicted molar refractivity (Wildman–Crippen MR) is 76.0 cm³/mol. The molecule has 0 radical (unpaired) electrons. The van der Waals surface area contributed by atoms with Crippen LogP contribution in [0.25, 0.3) is 0 Å². The van der Waals surface area contributed by atoms with Crippen molar-refractivity contribution in [1.82, 2.24) is 0 Å². The van der Waals surface area contributed by atoms with E-state index in [0.29, 0.717) is 11.3 Å². The molecule has 1 aliphatic heterocycles. The molecule has 0 atom stereocenters. The molecule has 0 saturated carbocycles. The average molecular weight is 352 g/mol. The Morgan fingerprint density at radius 2 is 1.86 bits per heavy atom. The summed E-state index contributed by atoms with van der Waals surface area (Å²) in [7, 11) is 0. The number of benzene rings is 2. The fourth-order valence-corrected chi connectivity index (χ4v) is 2.66. The van der Waals surface area contributed by atoms with Gasteiger partial charge >= 0.3 is 0 Å². The number of hydrogen-bond acceptors (Lipinski definition) is 2. The van der Waals surface area contributed by atoms with Crippen LogP contribution in [0, 0.1) is 11.6 Å². The maximum absolute atomic E-state index is 13.5. The quantitative estimate of drug-likeness (QED) is 0.777. The summed E-state index contributed by atoms with van der Waals surface area (Å²) in [6.07, 6.45) is 0. The Morgan fingerprint density at radius 3 is 2.62 bits per heavy atom. The van der Waals surface area contributed by atoms with E-state index in [0.717, 1.165) is 6.07 Å². The third-order valence-corrected chi connectivity index (χ3v) is 4.18. The van der Waals surface area contributed by atoms with Gasteiger partial charge in [-0.25, -0.2) is 8.78 Å². The van der Waals surface area contributed by atoms with Crippen molar-refractivity contribution >= 4 is 33.3 Å². The average Bonchev–Trinajstić information content (AvgIpc) is 2.69. The van der Waals surface area contributed by atoms with Crippen LogP contribution in [0.2, 0.25) is 0 Å². The second-order valence-corrected chi connectivity index (χ2v) is 5.39. The van der Waals surface area contributed by atoms with E-state index in [2.05, 4.69) is 15.9 Å². The fourth-order valence-electron chi connectivity index (χ4n) is 2.27. The molecule has 0 N–H and O–H groups in total. The first-order chi connectivity index (χ1) is 9.99. The molecular formula is C15H8BrF2NO2. The molecule has 3 rings (SSSR count). The van der Waals surface area contributed by atoms with Crippen LogP contribution >= 0.6 is 15.9 Å². The van der Waals surface area contributed by atoms with Crippen molar-refractivity contribution in [2.75, 3.05) is 4.90 Å². The van der Waals surface area contributed by atoms with Gasteiger partial charge in [0.25, 0.3) is 11.7 Å². The highest BCUT2D eigenvalue weighted by Gasteiger charge is 2.36. The van der Waals surface area contributed by atoms with Gasteiger partial charge in [-0.2, -0.15) is 0 Å². The first-order valence-corrected chi connectivity index (χ1v) is 6.87. The maximum atomic E-state index is 13.5. The van der Waals surface area contributed by atoms with E-state index < -0.39 is 23.3 Å². The predicted octanol–water partition coefficient (Wildman–Crippen LogP) is 3.46. The van der Waals surface area contributed by atoms with Gasteiger partial charge in [0.15, 0.2) is 0 Å². The van der Waals surface area contributed by atoms with Crippen LogP contribution in [-0.4, -0.2) is 11.7 Å². The summed E-state index contributed by atoms with van der Waals surface area (Å²) in [5.74, 6) is -2.53. The van der Waals surface area contributed by atoms with Crippen LogP contribution in [0.4, 0.5) is 14.5 Å². The standard InChI is InChI=1S/C15H8BrF2NO2/c16-13-8(2-1-3-11(13)18)7-19-12-5-4-9(17)6-10(12)14(20)15(19)21/h1-6H,7H2. The topological polar surface area (TPSA) is 37.4 Å². The first-order valence-electron chi connectivity index (χ1n) is 6.07. The Bertz CT molecular complexity index is 776. The van der Waals surface area contributed by atoms with Gasteiger partial charge in [0, 0.05) is 0 Å². The molecule has 3 nitrogen and oxygen atoms in total. The van der Waals surface area contributed by atoms with Crippen LogP contribution in [0.15, 0.2) is 40.9 Å². The zero-order valence-electron chi connectivity index (χ0n) is 10.6. The molecule has 1 heterocycles. The molecule has 21 heavy (non-hydrogen) atoms. The molecule has 0 fully saturated rings. The minimum atomic E-state index is -0.753. The normalized spacial score (nSPS) is 13.8. The Balaban J connectivity index is 2.03.